The minimum Gasteiger partial charge on any atom is -0.262 e. The molecular weight excluding hydrogens is 270 g/mol. The van der Waals surface area contributed by atoms with Gasteiger partial charge in [-0.2, -0.15) is 0 Å². The SMILES string of the molecule is O=[N+]([O-])c1ccccc1-c1nnc2cncc(Cl)n12. The Bertz CT molecular complexity index is 786. The van der Waals surface area contributed by atoms with E-state index < -0.39 is 4.92 Å². The lowest BCUT2D eigenvalue weighted by Gasteiger charge is -2.02. The third-order valence-corrected chi connectivity index (χ3v) is 2.88. The van der Waals surface area contributed by atoms with Crippen molar-refractivity contribution in [3.8, 4) is 11.4 Å². The Labute approximate surface area is 111 Å². The Balaban J connectivity index is 2.34. The van der Waals surface area contributed by atoms with Crippen LogP contribution in [0.5, 0.6) is 0 Å². The Morgan fingerprint density at radius 3 is 2.79 bits per heavy atom. The Hall–Kier alpha value is -2.54. The largest absolute Gasteiger partial charge is 0.280 e. The number of nitro groups is 1. The molecule has 3 rings (SSSR count). The summed E-state index contributed by atoms with van der Waals surface area (Å²) in [4.78, 5) is 14.5. The molecule has 0 amide bonds. The number of rotatable bonds is 2. The fourth-order valence-electron chi connectivity index (χ4n) is 1.81. The fraction of sp³-hybridized carbons (Fsp3) is 0. The molecule has 1 aromatic carbocycles. The van der Waals surface area contributed by atoms with Gasteiger partial charge in [0.2, 0.25) is 0 Å². The van der Waals surface area contributed by atoms with Crippen molar-refractivity contribution in [1.29, 1.82) is 0 Å². The Morgan fingerprint density at radius 1 is 1.21 bits per heavy atom. The van der Waals surface area contributed by atoms with Crippen molar-refractivity contribution < 1.29 is 4.92 Å². The molecule has 0 spiro atoms. The van der Waals surface area contributed by atoms with Gasteiger partial charge in [0.1, 0.15) is 5.15 Å². The van der Waals surface area contributed by atoms with E-state index in [1.807, 2.05) is 0 Å². The zero-order chi connectivity index (χ0) is 13.4. The van der Waals surface area contributed by atoms with Crippen LogP contribution in [0.2, 0.25) is 5.15 Å². The molecule has 0 atom stereocenters. The number of halogens is 1. The van der Waals surface area contributed by atoms with Gasteiger partial charge in [0.05, 0.1) is 22.9 Å². The highest BCUT2D eigenvalue weighted by Gasteiger charge is 2.20. The molecule has 0 saturated heterocycles. The highest BCUT2D eigenvalue weighted by molar-refractivity contribution is 6.29. The second-order valence-corrected chi connectivity index (χ2v) is 4.11. The second kappa shape index (κ2) is 4.29. The molecule has 0 radical (unpaired) electrons. The molecule has 2 aromatic heterocycles. The van der Waals surface area contributed by atoms with Gasteiger partial charge in [0, 0.05) is 6.07 Å². The van der Waals surface area contributed by atoms with Gasteiger partial charge in [0.25, 0.3) is 5.69 Å². The molecule has 0 aliphatic rings. The van der Waals surface area contributed by atoms with E-state index in [2.05, 4.69) is 15.2 Å². The molecule has 0 fully saturated rings. The molecule has 0 N–H and O–H groups in total. The lowest BCUT2D eigenvalue weighted by atomic mass is 10.1. The molecule has 2 heterocycles. The number of hydrogen-bond donors (Lipinski definition) is 0. The van der Waals surface area contributed by atoms with E-state index in [0.717, 1.165) is 0 Å². The molecule has 0 unspecified atom stereocenters. The first kappa shape index (κ1) is 11.5. The van der Waals surface area contributed by atoms with Gasteiger partial charge in [-0.15, -0.1) is 10.2 Å². The normalized spacial score (nSPS) is 10.8. The van der Waals surface area contributed by atoms with Gasteiger partial charge in [0.15, 0.2) is 11.5 Å². The van der Waals surface area contributed by atoms with Gasteiger partial charge < -0.3 is 0 Å². The topological polar surface area (TPSA) is 86.2 Å². The van der Waals surface area contributed by atoms with Crippen LogP contribution in [0.15, 0.2) is 36.7 Å². The maximum Gasteiger partial charge on any atom is 0.280 e. The van der Waals surface area contributed by atoms with Crippen LogP contribution >= 0.6 is 11.6 Å². The molecule has 0 saturated carbocycles. The molecule has 0 aliphatic carbocycles. The molecule has 0 bridgehead atoms. The quantitative estimate of drug-likeness (QED) is 0.529. The van der Waals surface area contributed by atoms with Crippen LogP contribution in [0.3, 0.4) is 0 Å². The zero-order valence-electron chi connectivity index (χ0n) is 9.39. The third-order valence-electron chi connectivity index (χ3n) is 2.61. The maximum atomic E-state index is 11.0. The summed E-state index contributed by atoms with van der Waals surface area (Å²) < 4.78 is 1.51. The van der Waals surface area contributed by atoms with Gasteiger partial charge in [-0.05, 0) is 6.07 Å². The van der Waals surface area contributed by atoms with Crippen LogP contribution in [0.1, 0.15) is 0 Å². The molecule has 3 aromatic rings. The molecule has 7 nitrogen and oxygen atoms in total. The van der Waals surface area contributed by atoms with Crippen molar-refractivity contribution in [2.75, 3.05) is 0 Å². The molecule has 0 aliphatic heterocycles. The van der Waals surface area contributed by atoms with Crippen LogP contribution in [0, 0.1) is 10.1 Å². The summed E-state index contributed by atoms with van der Waals surface area (Å²) in [5.74, 6) is 0.315. The number of aromatic nitrogens is 4. The summed E-state index contributed by atoms with van der Waals surface area (Å²) in [7, 11) is 0. The van der Waals surface area contributed by atoms with E-state index in [9.17, 15) is 10.1 Å². The van der Waals surface area contributed by atoms with Crippen LogP contribution < -0.4 is 0 Å². The van der Waals surface area contributed by atoms with Crippen molar-refractivity contribution in [3.05, 3.63) is 51.9 Å². The van der Waals surface area contributed by atoms with E-state index in [4.69, 9.17) is 11.6 Å². The average Bonchev–Trinajstić information content (AvgIpc) is 2.84. The third kappa shape index (κ3) is 1.80. The summed E-state index contributed by atoms with van der Waals surface area (Å²) in [5.41, 5.74) is 0.735. The fourth-order valence-corrected chi connectivity index (χ4v) is 2.03. The number of nitrogens with zero attached hydrogens (tertiary/aromatic N) is 5. The first-order valence-corrected chi connectivity index (χ1v) is 5.64. The Morgan fingerprint density at radius 2 is 2.00 bits per heavy atom. The lowest BCUT2D eigenvalue weighted by molar-refractivity contribution is -0.384. The smallest absolute Gasteiger partial charge is 0.262 e. The standard InChI is InChI=1S/C11H6ClN5O2/c12-9-5-13-6-10-14-15-11(16(9)10)7-3-1-2-4-8(7)17(18)19/h1-6H. The Kier molecular flexibility index (Phi) is 2.60. The highest BCUT2D eigenvalue weighted by atomic mass is 35.5. The summed E-state index contributed by atoms with van der Waals surface area (Å²) >= 11 is 6.04. The van der Waals surface area contributed by atoms with E-state index in [1.54, 1.807) is 18.2 Å². The molecule has 8 heteroatoms. The van der Waals surface area contributed by atoms with Crippen LogP contribution in [0.25, 0.3) is 17.0 Å². The van der Waals surface area contributed by atoms with Gasteiger partial charge in [-0.1, -0.05) is 23.7 Å². The van der Waals surface area contributed by atoms with Crippen molar-refractivity contribution in [2.45, 2.75) is 0 Å². The van der Waals surface area contributed by atoms with E-state index in [1.165, 1.54) is 22.9 Å². The summed E-state index contributed by atoms with van der Waals surface area (Å²) in [6, 6.07) is 6.30. The first-order valence-electron chi connectivity index (χ1n) is 5.27. The monoisotopic (exact) mass is 275 g/mol. The first-order chi connectivity index (χ1) is 9.18. The molecule has 94 valence electrons. The van der Waals surface area contributed by atoms with Crippen molar-refractivity contribution >= 4 is 22.9 Å². The molecular formula is C11H6ClN5O2. The summed E-state index contributed by atoms with van der Waals surface area (Å²) in [5, 5.41) is 19.2. The van der Waals surface area contributed by atoms with E-state index in [0.29, 0.717) is 17.0 Å². The number of para-hydroxylation sites is 1. The summed E-state index contributed by atoms with van der Waals surface area (Å²) in [6.07, 6.45) is 2.91. The predicted octanol–water partition coefficient (Wildman–Crippen LogP) is 2.35. The number of benzene rings is 1. The van der Waals surface area contributed by atoms with Gasteiger partial charge >= 0.3 is 0 Å². The number of fused-ring (bicyclic) bond motifs is 1. The zero-order valence-corrected chi connectivity index (χ0v) is 10.2. The second-order valence-electron chi connectivity index (χ2n) is 3.72. The highest BCUT2D eigenvalue weighted by Crippen LogP contribution is 2.29. The van der Waals surface area contributed by atoms with Gasteiger partial charge in [-0.25, -0.2) is 0 Å². The van der Waals surface area contributed by atoms with E-state index >= 15 is 0 Å². The van der Waals surface area contributed by atoms with Crippen LogP contribution in [-0.4, -0.2) is 24.5 Å². The number of nitro benzene ring substituents is 1. The minimum absolute atomic E-state index is 0.0512. The average molecular weight is 276 g/mol. The predicted molar refractivity (Wildman–Crippen MR) is 67.9 cm³/mol. The summed E-state index contributed by atoms with van der Waals surface area (Å²) in [6.45, 7) is 0. The lowest BCUT2D eigenvalue weighted by Crippen LogP contribution is -1.96. The van der Waals surface area contributed by atoms with Crippen molar-refractivity contribution in [1.82, 2.24) is 19.6 Å². The molecule has 19 heavy (non-hydrogen) atoms. The minimum atomic E-state index is -0.467. The maximum absolute atomic E-state index is 11.0. The van der Waals surface area contributed by atoms with E-state index in [-0.39, 0.29) is 10.8 Å². The van der Waals surface area contributed by atoms with Gasteiger partial charge in [-0.3, -0.25) is 19.5 Å². The number of hydrogen-bond acceptors (Lipinski definition) is 5. The van der Waals surface area contributed by atoms with Crippen molar-refractivity contribution in [3.63, 3.8) is 0 Å². The van der Waals surface area contributed by atoms with Crippen molar-refractivity contribution in [2.24, 2.45) is 0 Å². The van der Waals surface area contributed by atoms with Crippen LogP contribution in [-0.2, 0) is 0 Å². The van der Waals surface area contributed by atoms with Crippen LogP contribution in [0.4, 0.5) is 5.69 Å².